The number of ether oxygens (including phenoxy) is 1. The molecule has 1 atom stereocenters. The minimum Gasteiger partial charge on any atom is -0.488 e. The number of benzene rings is 2. The highest BCUT2D eigenvalue weighted by atomic mass is 35.5. The van der Waals surface area contributed by atoms with E-state index >= 15 is 0 Å². The van der Waals surface area contributed by atoms with Crippen LogP contribution in [0.1, 0.15) is 5.56 Å². The monoisotopic (exact) mass is 391 g/mol. The molecule has 2 aromatic rings. The molecule has 2 aromatic carbocycles. The van der Waals surface area contributed by atoms with Gasteiger partial charge in [-0.05, 0) is 31.3 Å². The van der Waals surface area contributed by atoms with E-state index in [1.165, 1.54) is 6.07 Å². The molecule has 0 aliphatic heterocycles. The summed E-state index contributed by atoms with van der Waals surface area (Å²) in [6, 6.07) is 9.56. The van der Waals surface area contributed by atoms with Crippen LogP contribution in [0, 0.1) is 5.82 Å². The Kier molecular flexibility index (Phi) is 7.14. The van der Waals surface area contributed by atoms with Crippen LogP contribution in [0.15, 0.2) is 36.4 Å². The van der Waals surface area contributed by atoms with Crippen LogP contribution in [-0.2, 0) is 6.54 Å². The van der Waals surface area contributed by atoms with Gasteiger partial charge in [0.15, 0.2) is 5.75 Å². The van der Waals surface area contributed by atoms with E-state index in [4.69, 9.17) is 39.5 Å². The predicted molar refractivity (Wildman–Crippen MR) is 95.7 cm³/mol. The first kappa shape index (κ1) is 19.3. The summed E-state index contributed by atoms with van der Waals surface area (Å²) in [5.74, 6) is -0.0392. The third-order valence-corrected chi connectivity index (χ3v) is 4.30. The van der Waals surface area contributed by atoms with Gasteiger partial charge < -0.3 is 9.84 Å². The number of aliphatic hydroxyl groups is 1. The SMILES string of the molecule is CN(Cc1c(F)cccc1Cl)CC(O)COc1c(Cl)cccc1Cl. The van der Waals surface area contributed by atoms with Gasteiger partial charge in [0.05, 0.1) is 10.0 Å². The maximum absolute atomic E-state index is 13.8. The fourth-order valence-electron chi connectivity index (χ4n) is 2.23. The zero-order valence-corrected chi connectivity index (χ0v) is 15.2. The molecule has 7 heteroatoms. The quantitative estimate of drug-likeness (QED) is 0.744. The molecule has 1 N–H and O–H groups in total. The van der Waals surface area contributed by atoms with Crippen molar-refractivity contribution in [3.8, 4) is 5.75 Å². The predicted octanol–water partition coefficient (Wildman–Crippen LogP) is 4.66. The van der Waals surface area contributed by atoms with E-state index in [2.05, 4.69) is 0 Å². The first-order valence-corrected chi connectivity index (χ1v) is 8.38. The van der Waals surface area contributed by atoms with Gasteiger partial charge in [0.25, 0.3) is 0 Å². The van der Waals surface area contributed by atoms with Crippen molar-refractivity contribution in [2.75, 3.05) is 20.2 Å². The van der Waals surface area contributed by atoms with Gasteiger partial charge in [-0.1, -0.05) is 46.9 Å². The topological polar surface area (TPSA) is 32.7 Å². The molecule has 0 radical (unpaired) electrons. The van der Waals surface area contributed by atoms with Gasteiger partial charge in [0.1, 0.15) is 18.5 Å². The third-order valence-electron chi connectivity index (χ3n) is 3.35. The molecule has 0 saturated carbocycles. The Labute approximate surface area is 155 Å². The number of nitrogens with zero attached hydrogens (tertiary/aromatic N) is 1. The maximum atomic E-state index is 13.8. The van der Waals surface area contributed by atoms with Crippen LogP contribution >= 0.6 is 34.8 Å². The van der Waals surface area contributed by atoms with Crippen molar-refractivity contribution >= 4 is 34.8 Å². The molecular formula is C17H17Cl3FNO2. The van der Waals surface area contributed by atoms with E-state index in [9.17, 15) is 9.50 Å². The van der Waals surface area contributed by atoms with Crippen LogP contribution < -0.4 is 4.74 Å². The number of halogens is 4. The van der Waals surface area contributed by atoms with E-state index in [-0.39, 0.29) is 25.5 Å². The summed E-state index contributed by atoms with van der Waals surface area (Å²) in [5.41, 5.74) is 0.393. The average molecular weight is 393 g/mol. The van der Waals surface area contributed by atoms with Crippen LogP contribution in [0.25, 0.3) is 0 Å². The molecule has 2 rings (SSSR count). The van der Waals surface area contributed by atoms with Crippen molar-refractivity contribution in [2.24, 2.45) is 0 Å². The van der Waals surface area contributed by atoms with Crippen LogP contribution in [0.3, 0.4) is 0 Å². The van der Waals surface area contributed by atoms with Gasteiger partial charge in [-0.3, -0.25) is 4.90 Å². The smallest absolute Gasteiger partial charge is 0.156 e. The summed E-state index contributed by atoms with van der Waals surface area (Å²) in [5, 5.41) is 11.2. The second-order valence-electron chi connectivity index (χ2n) is 5.41. The zero-order chi connectivity index (χ0) is 17.7. The van der Waals surface area contributed by atoms with Gasteiger partial charge in [-0.25, -0.2) is 4.39 Å². The molecule has 0 saturated heterocycles. The molecule has 1 unspecified atom stereocenters. The Morgan fingerprint density at radius 1 is 1.08 bits per heavy atom. The molecule has 0 aliphatic rings. The molecule has 0 heterocycles. The summed E-state index contributed by atoms with van der Waals surface area (Å²) in [6.45, 7) is 0.556. The van der Waals surface area contributed by atoms with Crippen molar-refractivity contribution in [2.45, 2.75) is 12.6 Å². The summed E-state index contributed by atoms with van der Waals surface area (Å²) in [7, 11) is 1.76. The minimum absolute atomic E-state index is 0.0127. The summed E-state index contributed by atoms with van der Waals surface area (Å²) in [6.07, 6.45) is -0.798. The molecule has 0 fully saturated rings. The van der Waals surface area contributed by atoms with Gasteiger partial charge in [0, 0.05) is 23.7 Å². The largest absolute Gasteiger partial charge is 0.488 e. The summed E-state index contributed by atoms with van der Waals surface area (Å²) < 4.78 is 19.3. The lowest BCUT2D eigenvalue weighted by Crippen LogP contribution is -2.33. The van der Waals surface area contributed by atoms with Crippen LogP contribution in [0.4, 0.5) is 4.39 Å². The van der Waals surface area contributed by atoms with E-state index in [0.717, 1.165) is 0 Å². The Bertz CT molecular complexity index is 659. The number of para-hydroxylation sites is 1. The Morgan fingerprint density at radius 2 is 1.67 bits per heavy atom. The van der Waals surface area contributed by atoms with E-state index in [0.29, 0.717) is 26.4 Å². The highest BCUT2D eigenvalue weighted by molar-refractivity contribution is 6.37. The van der Waals surface area contributed by atoms with Crippen LogP contribution in [-0.4, -0.2) is 36.3 Å². The zero-order valence-electron chi connectivity index (χ0n) is 13.0. The normalized spacial score (nSPS) is 12.5. The second kappa shape index (κ2) is 8.88. The highest BCUT2D eigenvalue weighted by Crippen LogP contribution is 2.32. The standard InChI is InChI=1S/C17H17Cl3FNO2/c1-22(9-12-13(18)4-3-7-16(12)21)8-11(23)10-24-17-14(19)5-2-6-15(17)20/h2-7,11,23H,8-10H2,1H3. The van der Waals surface area contributed by atoms with Gasteiger partial charge in [0.2, 0.25) is 0 Å². The Balaban J connectivity index is 1.89. The van der Waals surface area contributed by atoms with Crippen molar-refractivity contribution in [3.05, 3.63) is 62.8 Å². The van der Waals surface area contributed by atoms with Crippen molar-refractivity contribution in [1.82, 2.24) is 4.90 Å². The van der Waals surface area contributed by atoms with E-state index < -0.39 is 6.10 Å². The Morgan fingerprint density at radius 3 is 2.29 bits per heavy atom. The van der Waals surface area contributed by atoms with Crippen LogP contribution in [0.5, 0.6) is 5.75 Å². The second-order valence-corrected chi connectivity index (χ2v) is 6.63. The van der Waals surface area contributed by atoms with Gasteiger partial charge in [-0.2, -0.15) is 0 Å². The van der Waals surface area contributed by atoms with Crippen molar-refractivity contribution in [3.63, 3.8) is 0 Å². The number of likely N-dealkylation sites (N-methyl/N-ethyl adjacent to an activating group) is 1. The minimum atomic E-state index is -0.798. The molecule has 3 nitrogen and oxygen atoms in total. The fourth-order valence-corrected chi connectivity index (χ4v) is 2.96. The lowest BCUT2D eigenvalue weighted by atomic mass is 10.2. The molecule has 0 amide bonds. The maximum Gasteiger partial charge on any atom is 0.156 e. The van der Waals surface area contributed by atoms with Gasteiger partial charge >= 0.3 is 0 Å². The van der Waals surface area contributed by atoms with E-state index in [1.807, 2.05) is 0 Å². The molecule has 24 heavy (non-hydrogen) atoms. The van der Waals surface area contributed by atoms with Crippen LogP contribution in [0.2, 0.25) is 15.1 Å². The first-order chi connectivity index (χ1) is 11.4. The molecule has 0 spiro atoms. The van der Waals surface area contributed by atoms with E-state index in [1.54, 1.807) is 42.3 Å². The van der Waals surface area contributed by atoms with Crippen molar-refractivity contribution < 1.29 is 14.2 Å². The fraction of sp³-hybridized carbons (Fsp3) is 0.294. The van der Waals surface area contributed by atoms with Crippen molar-refractivity contribution in [1.29, 1.82) is 0 Å². The lowest BCUT2D eigenvalue weighted by Gasteiger charge is -2.22. The van der Waals surface area contributed by atoms with Gasteiger partial charge in [-0.15, -0.1) is 0 Å². The average Bonchev–Trinajstić information content (AvgIpc) is 2.50. The Hall–Kier alpha value is -1.04. The summed E-state index contributed by atoms with van der Waals surface area (Å²) in [4.78, 5) is 1.76. The molecule has 0 bridgehead atoms. The molecule has 0 aliphatic carbocycles. The molecule has 130 valence electrons. The number of rotatable bonds is 7. The number of hydrogen-bond acceptors (Lipinski definition) is 3. The third kappa shape index (κ3) is 5.23. The number of aliphatic hydroxyl groups excluding tert-OH is 1. The highest BCUT2D eigenvalue weighted by Gasteiger charge is 2.15. The molecule has 0 aromatic heterocycles. The first-order valence-electron chi connectivity index (χ1n) is 7.24. The molecular weight excluding hydrogens is 376 g/mol. The summed E-state index contributed by atoms with van der Waals surface area (Å²) >= 11 is 18.0. The number of hydrogen-bond donors (Lipinski definition) is 1. The lowest BCUT2D eigenvalue weighted by molar-refractivity contribution is 0.0742.